The van der Waals surface area contributed by atoms with E-state index in [0.717, 1.165) is 19.3 Å². The summed E-state index contributed by atoms with van der Waals surface area (Å²) in [6.07, 6.45) is -7.69. The Kier molecular flexibility index (Phi) is 5.30. The molecule has 0 amide bonds. The minimum Gasteiger partial charge on any atom is -0.455 e. The van der Waals surface area contributed by atoms with Crippen molar-refractivity contribution in [2.75, 3.05) is 0 Å². The standard InChI is InChI=1S/C20H29F5O3/c1-4-17(2,3)16(27)28-15(19(21,22)14(26)20(23,24)25)18-8-11-5-12(9-18)7-13(6-11)10-18/h11-15,26H,4-10H2,1-3H3. The van der Waals surface area contributed by atoms with Gasteiger partial charge in [-0.3, -0.25) is 4.79 Å². The number of hydrogen-bond acceptors (Lipinski definition) is 3. The van der Waals surface area contributed by atoms with E-state index in [1.165, 1.54) is 13.8 Å². The molecule has 0 heterocycles. The Morgan fingerprint density at radius 3 is 1.82 bits per heavy atom. The quantitative estimate of drug-likeness (QED) is 0.487. The number of carbonyl (C=O) groups excluding carboxylic acids is 1. The molecule has 0 aromatic heterocycles. The molecule has 8 heteroatoms. The van der Waals surface area contributed by atoms with Gasteiger partial charge in [-0.1, -0.05) is 6.92 Å². The van der Waals surface area contributed by atoms with E-state index >= 15 is 8.78 Å². The lowest BCUT2D eigenvalue weighted by Crippen LogP contribution is -2.63. The van der Waals surface area contributed by atoms with Crippen LogP contribution in [0.3, 0.4) is 0 Å². The van der Waals surface area contributed by atoms with Crippen LogP contribution in [0.25, 0.3) is 0 Å². The van der Waals surface area contributed by atoms with Gasteiger partial charge >= 0.3 is 18.1 Å². The third-order valence-corrected chi connectivity index (χ3v) is 7.33. The van der Waals surface area contributed by atoms with Crippen molar-refractivity contribution in [2.24, 2.45) is 28.6 Å². The Morgan fingerprint density at radius 1 is 1.04 bits per heavy atom. The molecule has 28 heavy (non-hydrogen) atoms. The van der Waals surface area contributed by atoms with E-state index in [0.29, 0.717) is 25.7 Å². The highest BCUT2D eigenvalue weighted by Gasteiger charge is 2.68. The third-order valence-electron chi connectivity index (χ3n) is 7.33. The van der Waals surface area contributed by atoms with Gasteiger partial charge in [-0.15, -0.1) is 0 Å². The van der Waals surface area contributed by atoms with Crippen LogP contribution >= 0.6 is 0 Å². The van der Waals surface area contributed by atoms with Crippen LogP contribution in [-0.2, 0) is 9.53 Å². The van der Waals surface area contributed by atoms with E-state index in [2.05, 4.69) is 0 Å². The number of ether oxygens (including phenoxy) is 1. The van der Waals surface area contributed by atoms with Crippen LogP contribution in [0.4, 0.5) is 22.0 Å². The second-order valence-electron chi connectivity index (χ2n) is 9.92. The smallest absolute Gasteiger partial charge is 0.420 e. The molecule has 162 valence electrons. The summed E-state index contributed by atoms with van der Waals surface area (Å²) >= 11 is 0. The van der Waals surface area contributed by atoms with E-state index in [9.17, 15) is 23.1 Å². The van der Waals surface area contributed by atoms with Gasteiger partial charge in [-0.05, 0) is 76.5 Å². The SMILES string of the molecule is CCC(C)(C)C(=O)OC(C12CC3CC(CC(C3)C1)C2)C(F)(F)C(O)C(F)(F)F. The van der Waals surface area contributed by atoms with Crippen molar-refractivity contribution in [3.63, 3.8) is 0 Å². The molecule has 2 atom stereocenters. The molecule has 4 bridgehead atoms. The first kappa shape index (κ1) is 21.8. The van der Waals surface area contributed by atoms with Crippen molar-refractivity contribution in [3.8, 4) is 0 Å². The summed E-state index contributed by atoms with van der Waals surface area (Å²) in [5.74, 6) is -5.03. The number of esters is 1. The highest BCUT2D eigenvalue weighted by molar-refractivity contribution is 5.76. The van der Waals surface area contributed by atoms with Gasteiger partial charge in [-0.25, -0.2) is 0 Å². The lowest BCUT2D eigenvalue weighted by atomic mass is 9.47. The Bertz CT molecular complexity index is 578. The van der Waals surface area contributed by atoms with Gasteiger partial charge < -0.3 is 9.84 Å². The fourth-order valence-electron chi connectivity index (χ4n) is 5.88. The van der Waals surface area contributed by atoms with Crippen LogP contribution in [-0.4, -0.2) is 35.4 Å². The Balaban J connectivity index is 1.99. The highest BCUT2D eigenvalue weighted by atomic mass is 19.4. The van der Waals surface area contributed by atoms with Gasteiger partial charge in [0.1, 0.15) is 0 Å². The number of halogens is 5. The summed E-state index contributed by atoms with van der Waals surface area (Å²) in [6, 6.07) is 0. The maximum Gasteiger partial charge on any atom is 0.420 e. The molecular weight excluding hydrogens is 383 g/mol. The van der Waals surface area contributed by atoms with Crippen LogP contribution in [0.5, 0.6) is 0 Å². The fourth-order valence-corrected chi connectivity index (χ4v) is 5.88. The topological polar surface area (TPSA) is 46.5 Å². The molecule has 2 unspecified atom stereocenters. The molecule has 0 aromatic carbocycles. The van der Waals surface area contributed by atoms with Crippen molar-refractivity contribution in [2.45, 2.75) is 90.0 Å². The van der Waals surface area contributed by atoms with E-state index < -0.39 is 41.1 Å². The molecule has 0 saturated heterocycles. The van der Waals surface area contributed by atoms with Crippen LogP contribution in [0.1, 0.15) is 65.7 Å². The summed E-state index contributed by atoms with van der Waals surface area (Å²) in [5.41, 5.74) is -2.30. The number of carbonyl (C=O) groups is 1. The van der Waals surface area contributed by atoms with Crippen molar-refractivity contribution in [3.05, 3.63) is 0 Å². The minimum atomic E-state index is -5.50. The molecule has 0 aromatic rings. The molecule has 4 saturated carbocycles. The molecule has 3 nitrogen and oxygen atoms in total. The zero-order valence-electron chi connectivity index (χ0n) is 16.5. The first-order valence-corrected chi connectivity index (χ1v) is 10.0. The number of rotatable bonds is 6. The van der Waals surface area contributed by atoms with E-state index in [4.69, 9.17) is 4.74 Å². The van der Waals surface area contributed by atoms with Gasteiger partial charge in [-0.2, -0.15) is 22.0 Å². The fraction of sp³-hybridized carbons (Fsp3) is 0.950. The van der Waals surface area contributed by atoms with E-state index in [1.807, 2.05) is 0 Å². The first-order valence-electron chi connectivity index (χ1n) is 10.0. The Hall–Kier alpha value is -0.920. The van der Waals surface area contributed by atoms with E-state index in [1.54, 1.807) is 6.92 Å². The summed E-state index contributed by atoms with van der Waals surface area (Å²) in [4.78, 5) is 12.6. The maximum atomic E-state index is 15.1. The van der Waals surface area contributed by atoms with Crippen molar-refractivity contribution >= 4 is 5.97 Å². The monoisotopic (exact) mass is 412 g/mol. The Labute approximate surface area is 162 Å². The molecule has 1 N–H and O–H groups in total. The summed E-state index contributed by atoms with van der Waals surface area (Å²) in [6.45, 7) is 4.72. The normalized spacial score (nSPS) is 35.0. The van der Waals surface area contributed by atoms with E-state index in [-0.39, 0.29) is 17.8 Å². The molecule has 0 spiro atoms. The summed E-state index contributed by atoms with van der Waals surface area (Å²) in [7, 11) is 0. The molecule has 0 aliphatic heterocycles. The number of aliphatic hydroxyl groups is 1. The molecule has 0 radical (unpaired) electrons. The van der Waals surface area contributed by atoms with Crippen molar-refractivity contribution in [1.82, 2.24) is 0 Å². The number of alkyl halides is 5. The predicted molar refractivity (Wildman–Crippen MR) is 91.6 cm³/mol. The second kappa shape index (κ2) is 6.81. The molecule has 4 fully saturated rings. The van der Waals surface area contributed by atoms with Crippen LogP contribution in [0.15, 0.2) is 0 Å². The average Bonchev–Trinajstić information content (AvgIpc) is 2.56. The molecule has 4 rings (SSSR count). The van der Waals surface area contributed by atoms with Crippen LogP contribution < -0.4 is 0 Å². The predicted octanol–water partition coefficient (Wildman–Crippen LogP) is 5.11. The number of hydrogen-bond donors (Lipinski definition) is 1. The van der Waals surface area contributed by atoms with Gasteiger partial charge in [0.05, 0.1) is 5.41 Å². The van der Waals surface area contributed by atoms with Gasteiger partial charge in [0, 0.05) is 5.41 Å². The summed E-state index contributed by atoms with van der Waals surface area (Å²) in [5, 5.41) is 9.49. The van der Waals surface area contributed by atoms with Crippen molar-refractivity contribution < 1.29 is 36.6 Å². The van der Waals surface area contributed by atoms with Crippen molar-refractivity contribution in [1.29, 1.82) is 0 Å². The highest BCUT2D eigenvalue weighted by Crippen LogP contribution is 2.64. The Morgan fingerprint density at radius 2 is 1.46 bits per heavy atom. The number of aliphatic hydroxyl groups excluding tert-OH is 1. The molecule has 4 aliphatic carbocycles. The van der Waals surface area contributed by atoms with Gasteiger partial charge in [0.15, 0.2) is 6.10 Å². The zero-order valence-corrected chi connectivity index (χ0v) is 16.5. The van der Waals surface area contributed by atoms with Gasteiger partial charge in [0.2, 0.25) is 6.10 Å². The average molecular weight is 412 g/mol. The molecular formula is C20H29F5O3. The largest absolute Gasteiger partial charge is 0.455 e. The minimum absolute atomic E-state index is 0.172. The molecule has 4 aliphatic rings. The lowest BCUT2D eigenvalue weighted by Gasteiger charge is -2.59. The summed E-state index contributed by atoms with van der Waals surface area (Å²) < 4.78 is 74.5. The van der Waals surface area contributed by atoms with Crippen LogP contribution in [0.2, 0.25) is 0 Å². The van der Waals surface area contributed by atoms with Gasteiger partial charge in [0.25, 0.3) is 0 Å². The first-order chi connectivity index (χ1) is 12.7. The third kappa shape index (κ3) is 3.65. The lowest BCUT2D eigenvalue weighted by molar-refractivity contribution is -0.315. The second-order valence-corrected chi connectivity index (χ2v) is 9.92. The zero-order chi connectivity index (χ0) is 21.1. The van der Waals surface area contributed by atoms with Crippen LogP contribution in [0, 0.1) is 28.6 Å². The maximum absolute atomic E-state index is 15.1.